The highest BCUT2D eigenvalue weighted by Gasteiger charge is 2.29. The summed E-state index contributed by atoms with van der Waals surface area (Å²) in [5, 5.41) is 9.19. The Bertz CT molecular complexity index is 1240. The fourth-order valence-electron chi connectivity index (χ4n) is 4.01. The highest BCUT2D eigenvalue weighted by molar-refractivity contribution is 5.94. The van der Waals surface area contributed by atoms with Gasteiger partial charge in [0, 0.05) is 30.4 Å². The molecule has 32 heavy (non-hydrogen) atoms. The molecule has 1 fully saturated rings. The fourth-order valence-corrected chi connectivity index (χ4v) is 4.01. The van der Waals surface area contributed by atoms with Gasteiger partial charge >= 0.3 is 5.97 Å². The van der Waals surface area contributed by atoms with Crippen LogP contribution in [0.2, 0.25) is 0 Å². The van der Waals surface area contributed by atoms with E-state index in [-0.39, 0.29) is 29.2 Å². The summed E-state index contributed by atoms with van der Waals surface area (Å²) < 4.78 is 22.1. The number of hydrogen-bond acceptors (Lipinski definition) is 6. The summed E-state index contributed by atoms with van der Waals surface area (Å²) in [7, 11) is 0. The largest absolute Gasteiger partial charge is 0.477 e. The molecule has 1 aliphatic heterocycles. The van der Waals surface area contributed by atoms with Gasteiger partial charge in [0.1, 0.15) is 24.5 Å². The van der Waals surface area contributed by atoms with Gasteiger partial charge in [-0.2, -0.15) is 0 Å². The monoisotopic (exact) mass is 440 g/mol. The number of nitrogens with two attached hydrogens (primary N) is 1. The second kappa shape index (κ2) is 8.66. The van der Waals surface area contributed by atoms with Gasteiger partial charge in [0.2, 0.25) is 17.2 Å². The van der Waals surface area contributed by atoms with Crippen molar-refractivity contribution in [1.29, 1.82) is 0 Å². The average molecular weight is 440 g/mol. The third kappa shape index (κ3) is 4.11. The Balaban J connectivity index is 1.74. The maximum absolute atomic E-state index is 15.1. The van der Waals surface area contributed by atoms with E-state index in [0.717, 1.165) is 25.1 Å². The van der Waals surface area contributed by atoms with Crippen LogP contribution < -0.4 is 20.8 Å². The first-order valence-corrected chi connectivity index (χ1v) is 10.0. The van der Waals surface area contributed by atoms with Crippen molar-refractivity contribution in [1.82, 2.24) is 9.55 Å². The molecule has 0 aliphatic carbocycles. The second-order valence-electron chi connectivity index (χ2n) is 7.56. The third-order valence-corrected chi connectivity index (χ3v) is 5.45. The van der Waals surface area contributed by atoms with Crippen LogP contribution in [0.3, 0.4) is 0 Å². The number of carboxylic acids is 1. The van der Waals surface area contributed by atoms with Crippen LogP contribution in [0.15, 0.2) is 47.5 Å². The van der Waals surface area contributed by atoms with Crippen LogP contribution in [0, 0.1) is 5.82 Å². The normalized spacial score (nSPS) is 15.8. The summed E-state index contributed by atoms with van der Waals surface area (Å²) in [6, 6.07) is 7.67. The lowest BCUT2D eigenvalue weighted by Gasteiger charge is -2.27. The molecular formula is C22H21FN4O5. The molecule has 0 unspecified atom stereocenters. The van der Waals surface area contributed by atoms with Crippen molar-refractivity contribution in [3.05, 3.63) is 64.3 Å². The Morgan fingerprint density at radius 2 is 2.12 bits per heavy atom. The number of fused-ring (bicyclic) bond motifs is 1. The van der Waals surface area contributed by atoms with E-state index < -0.39 is 28.7 Å². The predicted octanol–water partition coefficient (Wildman–Crippen LogP) is 1.77. The molecule has 2 aromatic heterocycles. The van der Waals surface area contributed by atoms with Gasteiger partial charge in [-0.25, -0.2) is 14.2 Å². The maximum atomic E-state index is 15.1. The number of rotatable bonds is 7. The number of halogens is 1. The van der Waals surface area contributed by atoms with Crippen molar-refractivity contribution in [3.8, 4) is 5.88 Å². The molecule has 3 aromatic rings. The van der Waals surface area contributed by atoms with Crippen LogP contribution in [0.4, 0.5) is 10.1 Å². The number of hydrogen-bond donors (Lipinski definition) is 2. The Morgan fingerprint density at radius 1 is 1.31 bits per heavy atom. The molecule has 0 bridgehead atoms. The van der Waals surface area contributed by atoms with Gasteiger partial charge in [0.25, 0.3) is 0 Å². The zero-order chi connectivity index (χ0) is 22.8. The number of primary amides is 1. The number of amides is 1. The zero-order valence-electron chi connectivity index (χ0n) is 17.0. The number of ether oxygens (including phenoxy) is 1. The summed E-state index contributed by atoms with van der Waals surface area (Å²) in [5.74, 6) is -2.38. The SMILES string of the molecule is NC(=O)Cn1cc(C(=O)O)c(=O)c2cc(F)c(N3CCC[C@@H]3COc3ccccn3)cc21. The van der Waals surface area contributed by atoms with E-state index in [9.17, 15) is 19.5 Å². The van der Waals surface area contributed by atoms with Crippen molar-refractivity contribution < 1.29 is 23.8 Å². The number of nitrogens with zero attached hydrogens (tertiary/aromatic N) is 3. The van der Waals surface area contributed by atoms with Crippen LogP contribution in [-0.2, 0) is 11.3 Å². The highest BCUT2D eigenvalue weighted by Crippen LogP contribution is 2.31. The van der Waals surface area contributed by atoms with E-state index in [0.29, 0.717) is 19.0 Å². The minimum absolute atomic E-state index is 0.126. The molecule has 9 nitrogen and oxygen atoms in total. The number of anilines is 1. The molecule has 1 saturated heterocycles. The number of aromatic carboxylic acids is 1. The van der Waals surface area contributed by atoms with Crippen molar-refractivity contribution in [2.45, 2.75) is 25.4 Å². The number of carbonyl (C=O) groups is 2. The van der Waals surface area contributed by atoms with Crippen LogP contribution >= 0.6 is 0 Å². The lowest BCUT2D eigenvalue weighted by atomic mass is 10.1. The summed E-state index contributed by atoms with van der Waals surface area (Å²) in [4.78, 5) is 41.5. The molecule has 0 saturated carbocycles. The second-order valence-corrected chi connectivity index (χ2v) is 7.56. The minimum atomic E-state index is -1.47. The van der Waals surface area contributed by atoms with E-state index in [4.69, 9.17) is 10.5 Å². The molecule has 4 rings (SSSR count). The lowest BCUT2D eigenvalue weighted by Crippen LogP contribution is -2.35. The Hall–Kier alpha value is -3.95. The number of carbonyl (C=O) groups excluding carboxylic acids is 1. The minimum Gasteiger partial charge on any atom is -0.477 e. The summed E-state index contributed by atoms with van der Waals surface area (Å²) in [6.45, 7) is 0.515. The Labute approximate surface area is 181 Å². The summed E-state index contributed by atoms with van der Waals surface area (Å²) in [6.07, 6.45) is 4.27. The number of benzene rings is 1. The first kappa shape index (κ1) is 21.3. The number of carboxylic acid groups (broad SMARTS) is 1. The van der Waals surface area contributed by atoms with Crippen LogP contribution in [0.1, 0.15) is 23.2 Å². The number of aromatic nitrogens is 2. The maximum Gasteiger partial charge on any atom is 0.341 e. The van der Waals surface area contributed by atoms with E-state index in [1.54, 1.807) is 24.4 Å². The molecule has 3 heterocycles. The van der Waals surface area contributed by atoms with Gasteiger partial charge < -0.3 is 25.0 Å². The molecule has 0 spiro atoms. The molecule has 10 heteroatoms. The molecule has 1 atom stereocenters. The van der Waals surface area contributed by atoms with Gasteiger partial charge in [-0.15, -0.1) is 0 Å². The first-order valence-electron chi connectivity index (χ1n) is 10.0. The van der Waals surface area contributed by atoms with E-state index >= 15 is 4.39 Å². The topological polar surface area (TPSA) is 128 Å². The molecular weight excluding hydrogens is 419 g/mol. The van der Waals surface area contributed by atoms with Gasteiger partial charge in [0.05, 0.1) is 17.2 Å². The molecule has 166 valence electrons. The Kier molecular flexibility index (Phi) is 5.76. The van der Waals surface area contributed by atoms with Gasteiger partial charge in [-0.1, -0.05) is 6.07 Å². The van der Waals surface area contributed by atoms with E-state index in [2.05, 4.69) is 4.98 Å². The quantitative estimate of drug-likeness (QED) is 0.573. The zero-order valence-corrected chi connectivity index (χ0v) is 17.0. The molecule has 3 N–H and O–H groups in total. The van der Waals surface area contributed by atoms with Gasteiger partial charge in [-0.3, -0.25) is 9.59 Å². The lowest BCUT2D eigenvalue weighted by molar-refractivity contribution is -0.118. The van der Waals surface area contributed by atoms with Gasteiger partial charge in [0.15, 0.2) is 0 Å². The van der Waals surface area contributed by atoms with Crippen LogP contribution in [0.25, 0.3) is 10.9 Å². The van der Waals surface area contributed by atoms with Crippen LogP contribution in [-0.4, -0.2) is 45.7 Å². The fraction of sp³-hybridized carbons (Fsp3) is 0.273. The third-order valence-electron chi connectivity index (χ3n) is 5.45. The predicted molar refractivity (Wildman–Crippen MR) is 114 cm³/mol. The average Bonchev–Trinajstić information content (AvgIpc) is 3.22. The Morgan fingerprint density at radius 3 is 2.81 bits per heavy atom. The molecule has 1 aliphatic rings. The summed E-state index contributed by atoms with van der Waals surface area (Å²) >= 11 is 0. The molecule has 1 amide bonds. The van der Waals surface area contributed by atoms with Crippen molar-refractivity contribution >= 4 is 28.5 Å². The van der Waals surface area contributed by atoms with E-state index in [1.807, 2.05) is 4.90 Å². The standard InChI is InChI=1S/C22H21FN4O5/c23-16-8-14-17(26(11-19(24)28)10-15(21(14)29)22(30)31)9-18(16)27-7-3-4-13(27)12-32-20-5-1-2-6-25-20/h1-2,5-6,8-10,13H,3-4,7,11-12H2,(H2,24,28)(H,30,31)/t13-/m1/s1. The highest BCUT2D eigenvalue weighted by atomic mass is 19.1. The van der Waals surface area contributed by atoms with Crippen molar-refractivity contribution in [2.75, 3.05) is 18.1 Å². The molecule has 1 aromatic carbocycles. The van der Waals surface area contributed by atoms with E-state index in [1.165, 1.54) is 10.6 Å². The van der Waals surface area contributed by atoms with Gasteiger partial charge in [-0.05, 0) is 31.0 Å². The van der Waals surface area contributed by atoms with Crippen molar-refractivity contribution in [3.63, 3.8) is 0 Å². The van der Waals surface area contributed by atoms with Crippen LogP contribution in [0.5, 0.6) is 5.88 Å². The van der Waals surface area contributed by atoms with Crippen molar-refractivity contribution in [2.24, 2.45) is 5.73 Å². The first-order chi connectivity index (χ1) is 15.3. The number of pyridine rings is 2. The smallest absolute Gasteiger partial charge is 0.341 e. The summed E-state index contributed by atoms with van der Waals surface area (Å²) in [5.41, 5.74) is 4.38. The molecule has 0 radical (unpaired) electrons.